The number of halogens is 4. The quantitative estimate of drug-likeness (QED) is 0.582. The van der Waals surface area contributed by atoms with Gasteiger partial charge in [-0.25, -0.2) is 0 Å². The largest absolute Gasteiger partial charge is 0.418 e. The smallest absolute Gasteiger partial charge is 0.324 e. The van der Waals surface area contributed by atoms with Crippen molar-refractivity contribution in [3.8, 4) is 6.07 Å². The number of nitrogens with zero attached hydrogens (tertiary/aromatic N) is 1. The Kier molecular flexibility index (Phi) is 4.40. The topological polar surface area (TPSA) is 61.8 Å². The van der Waals surface area contributed by atoms with Gasteiger partial charge in [0.2, 0.25) is 0 Å². The second-order valence-electron chi connectivity index (χ2n) is 2.51. The zero-order chi connectivity index (χ0) is 10.8. The Morgan fingerprint density at radius 2 is 1.93 bits per heavy atom. The van der Waals surface area contributed by atoms with Gasteiger partial charge in [-0.1, -0.05) is 0 Å². The SMILES string of the molecule is Cl.N#Cc1ccc(NN)c(C(F)(F)F)c1. The lowest BCUT2D eigenvalue weighted by Crippen LogP contribution is -2.14. The number of benzene rings is 1. The molecule has 0 aliphatic carbocycles. The Hall–Kier alpha value is -1.45. The lowest BCUT2D eigenvalue weighted by molar-refractivity contribution is -0.137. The number of hydrazine groups is 1. The number of anilines is 1. The molecule has 0 unspecified atom stereocenters. The molecule has 0 spiro atoms. The van der Waals surface area contributed by atoms with E-state index < -0.39 is 11.7 Å². The molecule has 0 atom stereocenters. The third kappa shape index (κ3) is 3.01. The molecule has 7 heteroatoms. The van der Waals surface area contributed by atoms with E-state index in [0.29, 0.717) is 0 Å². The summed E-state index contributed by atoms with van der Waals surface area (Å²) in [7, 11) is 0. The van der Waals surface area contributed by atoms with E-state index in [4.69, 9.17) is 11.1 Å². The van der Waals surface area contributed by atoms with Gasteiger partial charge in [-0.15, -0.1) is 12.4 Å². The Morgan fingerprint density at radius 3 is 2.33 bits per heavy atom. The van der Waals surface area contributed by atoms with Gasteiger partial charge in [0.1, 0.15) is 0 Å². The molecular formula is C8H7ClF3N3. The Morgan fingerprint density at radius 1 is 1.33 bits per heavy atom. The number of hydrogen-bond acceptors (Lipinski definition) is 3. The van der Waals surface area contributed by atoms with Crippen LogP contribution in [0, 0.1) is 11.3 Å². The minimum Gasteiger partial charge on any atom is -0.324 e. The summed E-state index contributed by atoms with van der Waals surface area (Å²) in [5.74, 6) is 4.91. The van der Waals surface area contributed by atoms with E-state index in [0.717, 1.165) is 12.1 Å². The molecule has 0 saturated carbocycles. The molecule has 3 N–H and O–H groups in total. The number of nitriles is 1. The summed E-state index contributed by atoms with van der Waals surface area (Å²) in [5.41, 5.74) is 0.666. The summed E-state index contributed by atoms with van der Waals surface area (Å²) in [4.78, 5) is 0. The minimum atomic E-state index is -4.52. The maximum absolute atomic E-state index is 12.3. The number of rotatable bonds is 1. The summed E-state index contributed by atoms with van der Waals surface area (Å²) in [6.45, 7) is 0. The molecule has 0 radical (unpaired) electrons. The molecule has 0 saturated heterocycles. The van der Waals surface area contributed by atoms with Crippen molar-refractivity contribution in [1.82, 2.24) is 0 Å². The average molecular weight is 238 g/mol. The van der Waals surface area contributed by atoms with Crippen molar-refractivity contribution in [3.63, 3.8) is 0 Å². The Balaban J connectivity index is 0.00000196. The molecule has 0 aromatic heterocycles. The maximum atomic E-state index is 12.3. The highest BCUT2D eigenvalue weighted by atomic mass is 35.5. The summed E-state index contributed by atoms with van der Waals surface area (Å²) in [6.07, 6.45) is -4.52. The number of nitrogens with two attached hydrogens (primary N) is 1. The van der Waals surface area contributed by atoms with Gasteiger partial charge in [0.15, 0.2) is 0 Å². The van der Waals surface area contributed by atoms with Gasteiger partial charge in [-0.2, -0.15) is 18.4 Å². The third-order valence-corrected chi connectivity index (χ3v) is 1.61. The van der Waals surface area contributed by atoms with Crippen molar-refractivity contribution in [2.24, 2.45) is 5.84 Å². The maximum Gasteiger partial charge on any atom is 0.418 e. The first-order valence-corrected chi connectivity index (χ1v) is 3.57. The first-order chi connectivity index (χ1) is 6.49. The van der Waals surface area contributed by atoms with Crippen molar-refractivity contribution in [2.75, 3.05) is 5.43 Å². The molecule has 0 fully saturated rings. The van der Waals surface area contributed by atoms with Crippen LogP contribution >= 0.6 is 12.4 Å². The van der Waals surface area contributed by atoms with Gasteiger partial charge < -0.3 is 5.43 Å². The Labute approximate surface area is 90.1 Å². The number of alkyl halides is 3. The van der Waals surface area contributed by atoms with Crippen molar-refractivity contribution in [2.45, 2.75) is 6.18 Å². The molecule has 1 rings (SSSR count). The molecule has 0 bridgehead atoms. The van der Waals surface area contributed by atoms with Crippen LogP contribution in [0.1, 0.15) is 11.1 Å². The molecule has 15 heavy (non-hydrogen) atoms. The van der Waals surface area contributed by atoms with Crippen LogP contribution in [0.2, 0.25) is 0 Å². The summed E-state index contributed by atoms with van der Waals surface area (Å²) >= 11 is 0. The average Bonchev–Trinajstić information content (AvgIpc) is 2.15. The molecule has 0 aliphatic heterocycles. The number of hydrogen-bond donors (Lipinski definition) is 2. The van der Waals surface area contributed by atoms with Crippen LogP contribution in [0.25, 0.3) is 0 Å². The van der Waals surface area contributed by atoms with E-state index >= 15 is 0 Å². The van der Waals surface area contributed by atoms with Gasteiger partial charge >= 0.3 is 6.18 Å². The van der Waals surface area contributed by atoms with Crippen LogP contribution in [0.5, 0.6) is 0 Å². The van der Waals surface area contributed by atoms with Crippen molar-refractivity contribution in [1.29, 1.82) is 5.26 Å². The van der Waals surface area contributed by atoms with Gasteiger partial charge in [-0.05, 0) is 18.2 Å². The third-order valence-electron chi connectivity index (χ3n) is 1.61. The zero-order valence-electron chi connectivity index (χ0n) is 7.30. The molecule has 0 aliphatic rings. The van der Waals surface area contributed by atoms with E-state index in [-0.39, 0.29) is 23.7 Å². The van der Waals surface area contributed by atoms with E-state index in [2.05, 4.69) is 0 Å². The summed E-state index contributed by atoms with van der Waals surface area (Å²) in [6, 6.07) is 4.73. The van der Waals surface area contributed by atoms with Crippen molar-refractivity contribution < 1.29 is 13.2 Å². The molecule has 82 valence electrons. The fraction of sp³-hybridized carbons (Fsp3) is 0.125. The summed E-state index contributed by atoms with van der Waals surface area (Å²) in [5, 5.41) is 8.42. The van der Waals surface area contributed by atoms with Gasteiger partial charge in [0.05, 0.1) is 22.9 Å². The van der Waals surface area contributed by atoms with Crippen LogP contribution in [0.3, 0.4) is 0 Å². The molecule has 3 nitrogen and oxygen atoms in total. The van der Waals surface area contributed by atoms with E-state index in [1.807, 2.05) is 5.43 Å². The molecule has 0 heterocycles. The fourth-order valence-corrected chi connectivity index (χ4v) is 0.974. The molecular weight excluding hydrogens is 231 g/mol. The molecule has 0 amide bonds. The molecule has 1 aromatic rings. The van der Waals surface area contributed by atoms with Gasteiger partial charge in [0, 0.05) is 0 Å². The van der Waals surface area contributed by atoms with Crippen LogP contribution < -0.4 is 11.3 Å². The first kappa shape index (κ1) is 13.5. The van der Waals surface area contributed by atoms with Crippen molar-refractivity contribution >= 4 is 18.1 Å². The van der Waals surface area contributed by atoms with E-state index in [1.165, 1.54) is 6.07 Å². The molecule has 1 aromatic carbocycles. The highest BCUT2D eigenvalue weighted by Crippen LogP contribution is 2.34. The predicted octanol–water partition coefficient (Wildman–Crippen LogP) is 2.28. The monoisotopic (exact) mass is 237 g/mol. The van der Waals surface area contributed by atoms with Crippen LogP contribution in [0.15, 0.2) is 18.2 Å². The highest BCUT2D eigenvalue weighted by molar-refractivity contribution is 5.85. The minimum absolute atomic E-state index is 0. The van der Waals surface area contributed by atoms with Crippen LogP contribution in [0.4, 0.5) is 18.9 Å². The van der Waals surface area contributed by atoms with Gasteiger partial charge in [-0.3, -0.25) is 5.84 Å². The number of nitrogens with one attached hydrogen (secondary N) is 1. The van der Waals surface area contributed by atoms with Crippen molar-refractivity contribution in [3.05, 3.63) is 29.3 Å². The highest BCUT2D eigenvalue weighted by Gasteiger charge is 2.33. The fourth-order valence-electron chi connectivity index (χ4n) is 0.974. The first-order valence-electron chi connectivity index (χ1n) is 3.57. The zero-order valence-corrected chi connectivity index (χ0v) is 8.12. The second-order valence-corrected chi connectivity index (χ2v) is 2.51. The Bertz CT molecular complexity index is 384. The lowest BCUT2D eigenvalue weighted by atomic mass is 10.1. The second kappa shape index (κ2) is 4.87. The van der Waals surface area contributed by atoms with Crippen LogP contribution in [-0.2, 0) is 6.18 Å². The lowest BCUT2D eigenvalue weighted by Gasteiger charge is -2.11. The number of nitrogen functional groups attached to an aromatic ring is 1. The predicted molar refractivity (Wildman–Crippen MR) is 51.2 cm³/mol. The van der Waals surface area contributed by atoms with Crippen LogP contribution in [-0.4, -0.2) is 0 Å². The van der Waals surface area contributed by atoms with E-state index in [1.54, 1.807) is 6.07 Å². The van der Waals surface area contributed by atoms with E-state index in [9.17, 15) is 13.2 Å². The summed E-state index contributed by atoms with van der Waals surface area (Å²) < 4.78 is 37.0. The standard InChI is InChI=1S/C8H6F3N3.ClH/c9-8(10,11)6-3-5(4-12)1-2-7(6)14-13;/h1-3,14H,13H2;1H. The normalized spacial score (nSPS) is 10.1. The van der Waals surface area contributed by atoms with Gasteiger partial charge in [0.25, 0.3) is 0 Å².